The molecule has 0 aromatic carbocycles. The van der Waals surface area contributed by atoms with Crippen LogP contribution in [-0.4, -0.2) is 15.9 Å². The standard InChI is InChI=1S/C7H10INO/c1-2-7(10)9-6-3-5(8)4-6/h2,5-6H,1,3-4H2,(H,9,10)/t5-,6+. The molecule has 0 spiro atoms. The highest BCUT2D eigenvalue weighted by Gasteiger charge is 2.26. The zero-order chi connectivity index (χ0) is 7.56. The minimum absolute atomic E-state index is 0.0479. The molecule has 0 bridgehead atoms. The quantitative estimate of drug-likeness (QED) is 0.446. The summed E-state index contributed by atoms with van der Waals surface area (Å²) in [7, 11) is 0. The molecule has 1 aliphatic carbocycles. The summed E-state index contributed by atoms with van der Waals surface area (Å²) in [5.41, 5.74) is 0. The van der Waals surface area contributed by atoms with Gasteiger partial charge in [0.25, 0.3) is 0 Å². The molecular weight excluding hydrogens is 241 g/mol. The molecule has 0 aromatic heterocycles. The van der Waals surface area contributed by atoms with Gasteiger partial charge < -0.3 is 5.32 Å². The van der Waals surface area contributed by atoms with Crippen molar-refractivity contribution in [3.63, 3.8) is 0 Å². The Morgan fingerprint density at radius 3 is 2.70 bits per heavy atom. The van der Waals surface area contributed by atoms with E-state index in [1.807, 2.05) is 0 Å². The van der Waals surface area contributed by atoms with Crippen LogP contribution in [0.5, 0.6) is 0 Å². The third-order valence-electron chi connectivity index (χ3n) is 1.61. The van der Waals surface area contributed by atoms with E-state index in [4.69, 9.17) is 0 Å². The molecule has 0 atom stereocenters. The fraction of sp³-hybridized carbons (Fsp3) is 0.571. The van der Waals surface area contributed by atoms with Crippen LogP contribution in [0.4, 0.5) is 0 Å². The van der Waals surface area contributed by atoms with Crippen LogP contribution < -0.4 is 5.32 Å². The molecule has 1 amide bonds. The van der Waals surface area contributed by atoms with Crippen LogP contribution in [0, 0.1) is 0 Å². The fourth-order valence-corrected chi connectivity index (χ4v) is 2.15. The Balaban J connectivity index is 2.16. The summed E-state index contributed by atoms with van der Waals surface area (Å²) in [5.74, 6) is -0.0479. The first-order chi connectivity index (χ1) is 4.72. The van der Waals surface area contributed by atoms with Crippen LogP contribution in [0.3, 0.4) is 0 Å². The highest BCUT2D eigenvalue weighted by atomic mass is 127. The van der Waals surface area contributed by atoms with Crippen LogP contribution in [0.1, 0.15) is 12.8 Å². The molecule has 1 fully saturated rings. The number of carbonyl (C=O) groups is 1. The molecule has 0 unspecified atom stereocenters. The molecule has 0 aliphatic heterocycles. The molecule has 1 N–H and O–H groups in total. The van der Waals surface area contributed by atoms with Gasteiger partial charge in [0, 0.05) is 9.97 Å². The second-order valence-electron chi connectivity index (χ2n) is 2.48. The van der Waals surface area contributed by atoms with Crippen LogP contribution >= 0.6 is 22.6 Å². The van der Waals surface area contributed by atoms with Crippen molar-refractivity contribution in [1.29, 1.82) is 0 Å². The minimum atomic E-state index is -0.0479. The molecule has 0 radical (unpaired) electrons. The van der Waals surface area contributed by atoms with Gasteiger partial charge in [0.05, 0.1) is 0 Å². The van der Waals surface area contributed by atoms with Gasteiger partial charge in [0.2, 0.25) is 5.91 Å². The zero-order valence-corrected chi connectivity index (χ0v) is 7.80. The second kappa shape index (κ2) is 3.37. The molecule has 56 valence electrons. The molecule has 0 aromatic rings. The Morgan fingerprint density at radius 1 is 1.70 bits per heavy atom. The first-order valence-corrected chi connectivity index (χ1v) is 4.54. The average molecular weight is 251 g/mol. The summed E-state index contributed by atoms with van der Waals surface area (Å²) in [4.78, 5) is 10.7. The number of rotatable bonds is 2. The van der Waals surface area contributed by atoms with Gasteiger partial charge in [-0.2, -0.15) is 0 Å². The topological polar surface area (TPSA) is 29.1 Å². The van der Waals surface area contributed by atoms with Gasteiger partial charge in [-0.05, 0) is 18.9 Å². The maximum absolute atomic E-state index is 10.7. The van der Waals surface area contributed by atoms with E-state index in [9.17, 15) is 4.79 Å². The van der Waals surface area contributed by atoms with E-state index in [1.165, 1.54) is 6.08 Å². The van der Waals surface area contributed by atoms with Gasteiger partial charge in [-0.1, -0.05) is 29.2 Å². The SMILES string of the molecule is C=CC(=O)N[C@H]1C[C@@H](I)C1. The number of nitrogens with one attached hydrogen (secondary N) is 1. The van der Waals surface area contributed by atoms with Crippen molar-refractivity contribution in [3.8, 4) is 0 Å². The van der Waals surface area contributed by atoms with Crippen molar-refractivity contribution >= 4 is 28.5 Å². The summed E-state index contributed by atoms with van der Waals surface area (Å²) in [6.45, 7) is 3.38. The molecule has 2 nitrogen and oxygen atoms in total. The van der Waals surface area contributed by atoms with Gasteiger partial charge >= 0.3 is 0 Å². The smallest absolute Gasteiger partial charge is 0.243 e. The predicted molar refractivity (Wildman–Crippen MR) is 49.2 cm³/mol. The maximum Gasteiger partial charge on any atom is 0.243 e. The zero-order valence-electron chi connectivity index (χ0n) is 5.64. The second-order valence-corrected chi connectivity index (χ2v) is 4.24. The molecular formula is C7H10INO. The van der Waals surface area contributed by atoms with E-state index in [0.717, 1.165) is 16.8 Å². The lowest BCUT2D eigenvalue weighted by molar-refractivity contribution is -0.117. The lowest BCUT2D eigenvalue weighted by Gasteiger charge is -2.31. The summed E-state index contributed by atoms with van der Waals surface area (Å²) in [5, 5.41) is 2.83. The van der Waals surface area contributed by atoms with Gasteiger partial charge in [0.1, 0.15) is 0 Å². The summed E-state index contributed by atoms with van der Waals surface area (Å²) in [6, 6.07) is 0.410. The van der Waals surface area contributed by atoms with Crippen LogP contribution in [-0.2, 0) is 4.79 Å². The van der Waals surface area contributed by atoms with Crippen molar-refractivity contribution in [1.82, 2.24) is 5.32 Å². The number of amides is 1. The van der Waals surface area contributed by atoms with Gasteiger partial charge in [-0.25, -0.2) is 0 Å². The third-order valence-corrected chi connectivity index (χ3v) is 2.63. The van der Waals surface area contributed by atoms with E-state index in [2.05, 4.69) is 34.5 Å². The van der Waals surface area contributed by atoms with Gasteiger partial charge in [-0.15, -0.1) is 0 Å². The highest BCUT2D eigenvalue weighted by molar-refractivity contribution is 14.1. The predicted octanol–water partition coefficient (Wildman–Crippen LogP) is 1.25. The monoisotopic (exact) mass is 251 g/mol. The van der Waals surface area contributed by atoms with Crippen molar-refractivity contribution < 1.29 is 4.79 Å². The molecule has 1 rings (SSSR count). The molecule has 1 saturated carbocycles. The van der Waals surface area contributed by atoms with Crippen molar-refractivity contribution in [2.45, 2.75) is 22.8 Å². The number of hydrogen-bond acceptors (Lipinski definition) is 1. The third kappa shape index (κ3) is 1.97. The van der Waals surface area contributed by atoms with Gasteiger partial charge in [-0.3, -0.25) is 4.79 Å². The van der Waals surface area contributed by atoms with Crippen LogP contribution in [0.15, 0.2) is 12.7 Å². The summed E-state index contributed by atoms with van der Waals surface area (Å²) in [6.07, 6.45) is 3.54. The van der Waals surface area contributed by atoms with E-state index >= 15 is 0 Å². The normalized spacial score (nSPS) is 30.5. The highest BCUT2D eigenvalue weighted by Crippen LogP contribution is 2.27. The van der Waals surface area contributed by atoms with E-state index < -0.39 is 0 Å². The molecule has 0 saturated heterocycles. The van der Waals surface area contributed by atoms with Crippen molar-refractivity contribution in [3.05, 3.63) is 12.7 Å². The Hall–Kier alpha value is -0.0600. The average Bonchev–Trinajstić information content (AvgIpc) is 1.84. The van der Waals surface area contributed by atoms with E-state index in [1.54, 1.807) is 0 Å². The first kappa shape index (κ1) is 8.04. The Bertz CT molecular complexity index is 152. The van der Waals surface area contributed by atoms with E-state index in [-0.39, 0.29) is 5.91 Å². The van der Waals surface area contributed by atoms with Gasteiger partial charge in [0.15, 0.2) is 0 Å². The maximum atomic E-state index is 10.7. The number of halogens is 1. The molecule has 10 heavy (non-hydrogen) atoms. The largest absolute Gasteiger partial charge is 0.350 e. The van der Waals surface area contributed by atoms with Crippen molar-refractivity contribution in [2.75, 3.05) is 0 Å². The minimum Gasteiger partial charge on any atom is -0.350 e. The number of alkyl halides is 1. The number of carbonyl (C=O) groups excluding carboxylic acids is 1. The Kier molecular flexibility index (Phi) is 2.71. The molecule has 1 aliphatic rings. The van der Waals surface area contributed by atoms with Crippen LogP contribution in [0.2, 0.25) is 0 Å². The lowest BCUT2D eigenvalue weighted by atomic mass is 9.93. The van der Waals surface area contributed by atoms with Crippen molar-refractivity contribution in [2.24, 2.45) is 0 Å². The Morgan fingerprint density at radius 2 is 2.30 bits per heavy atom. The Labute approximate surface area is 74.2 Å². The van der Waals surface area contributed by atoms with Crippen LogP contribution in [0.25, 0.3) is 0 Å². The summed E-state index contributed by atoms with van der Waals surface area (Å²) >= 11 is 2.39. The number of hydrogen-bond donors (Lipinski definition) is 1. The summed E-state index contributed by atoms with van der Waals surface area (Å²) < 4.78 is 0.757. The fourth-order valence-electron chi connectivity index (χ4n) is 0.926. The lowest BCUT2D eigenvalue weighted by Crippen LogP contribution is -2.43. The van der Waals surface area contributed by atoms with E-state index in [0.29, 0.717) is 6.04 Å². The first-order valence-electron chi connectivity index (χ1n) is 3.29. The molecule has 3 heteroatoms. The molecule has 0 heterocycles.